The van der Waals surface area contributed by atoms with E-state index in [0.29, 0.717) is 19.7 Å². The molecule has 2 saturated heterocycles. The van der Waals surface area contributed by atoms with Crippen LogP contribution in [0.1, 0.15) is 12.8 Å². The minimum Gasteiger partial charge on any atom is -0.384 e. The normalized spacial score (nSPS) is 20.3. The molecule has 9 heteroatoms. The van der Waals surface area contributed by atoms with Crippen LogP contribution < -0.4 is 10.2 Å². The molecule has 0 bridgehead atoms. The summed E-state index contributed by atoms with van der Waals surface area (Å²) in [5, 5.41) is 7.39. The fraction of sp³-hybridized carbons (Fsp3) is 0.688. The van der Waals surface area contributed by atoms with Gasteiger partial charge in [0.2, 0.25) is 11.8 Å². The first kappa shape index (κ1) is 19.7. The van der Waals surface area contributed by atoms with E-state index in [0.717, 1.165) is 31.6 Å². The number of aromatic nitrogens is 2. The Morgan fingerprint density at radius 3 is 2.64 bits per heavy atom. The summed E-state index contributed by atoms with van der Waals surface area (Å²) in [6.45, 7) is 3.17. The molecule has 0 aliphatic carbocycles. The molecule has 3 heterocycles. The molecule has 1 aromatic heterocycles. The van der Waals surface area contributed by atoms with Crippen LogP contribution in [0.25, 0.3) is 0 Å². The third kappa shape index (κ3) is 3.96. The van der Waals surface area contributed by atoms with Gasteiger partial charge in [0.05, 0.1) is 23.9 Å². The standard InChI is InChI=1S/C16H25N5O3.ClH/c1-19-10-13(9-18-19)21-8-7-20(11-14(21)22)15(23)16(12-24-2)3-5-17-6-4-16;/h9-10,17H,3-8,11-12H2,1-2H3;1H. The average molecular weight is 372 g/mol. The topological polar surface area (TPSA) is 79.7 Å². The number of halogens is 1. The molecule has 2 aliphatic rings. The van der Waals surface area contributed by atoms with Gasteiger partial charge in [0.15, 0.2) is 0 Å². The van der Waals surface area contributed by atoms with Gasteiger partial charge in [0.25, 0.3) is 0 Å². The molecule has 3 rings (SSSR count). The molecule has 2 fully saturated rings. The second-order valence-electron chi connectivity index (χ2n) is 6.61. The second kappa shape index (κ2) is 8.16. The Morgan fingerprint density at radius 2 is 2.08 bits per heavy atom. The van der Waals surface area contributed by atoms with Gasteiger partial charge in [-0.2, -0.15) is 5.10 Å². The fourth-order valence-electron chi connectivity index (χ4n) is 3.60. The van der Waals surface area contributed by atoms with E-state index in [9.17, 15) is 9.59 Å². The number of methoxy groups -OCH3 is 1. The van der Waals surface area contributed by atoms with Gasteiger partial charge < -0.3 is 19.9 Å². The molecule has 1 aromatic rings. The van der Waals surface area contributed by atoms with Gasteiger partial charge in [-0.25, -0.2) is 0 Å². The number of amides is 2. The summed E-state index contributed by atoms with van der Waals surface area (Å²) in [4.78, 5) is 29.0. The molecule has 25 heavy (non-hydrogen) atoms. The molecule has 2 aliphatic heterocycles. The van der Waals surface area contributed by atoms with Crippen molar-refractivity contribution in [2.75, 3.05) is 51.3 Å². The van der Waals surface area contributed by atoms with E-state index in [-0.39, 0.29) is 30.8 Å². The quantitative estimate of drug-likeness (QED) is 0.808. The van der Waals surface area contributed by atoms with Gasteiger partial charge in [-0.3, -0.25) is 14.3 Å². The number of hydrogen-bond donors (Lipinski definition) is 1. The zero-order chi connectivity index (χ0) is 17.2. The van der Waals surface area contributed by atoms with E-state index in [1.165, 1.54) is 0 Å². The zero-order valence-corrected chi connectivity index (χ0v) is 15.5. The molecular formula is C16H26ClN5O3. The number of piperidine rings is 1. The van der Waals surface area contributed by atoms with Gasteiger partial charge in [0, 0.05) is 33.4 Å². The van der Waals surface area contributed by atoms with Crippen molar-refractivity contribution in [1.82, 2.24) is 20.0 Å². The highest BCUT2D eigenvalue weighted by Gasteiger charge is 2.44. The lowest BCUT2D eigenvalue weighted by Gasteiger charge is -2.42. The lowest BCUT2D eigenvalue weighted by molar-refractivity contribution is -0.150. The van der Waals surface area contributed by atoms with E-state index >= 15 is 0 Å². The average Bonchev–Trinajstić information content (AvgIpc) is 3.01. The molecule has 0 radical (unpaired) electrons. The lowest BCUT2D eigenvalue weighted by atomic mass is 9.78. The molecule has 0 unspecified atom stereocenters. The van der Waals surface area contributed by atoms with Crippen molar-refractivity contribution in [3.8, 4) is 0 Å². The Kier molecular flexibility index (Phi) is 6.42. The van der Waals surface area contributed by atoms with Crippen molar-refractivity contribution in [3.05, 3.63) is 12.4 Å². The summed E-state index contributed by atoms with van der Waals surface area (Å²) in [5.41, 5.74) is 0.277. The van der Waals surface area contributed by atoms with E-state index < -0.39 is 5.41 Å². The summed E-state index contributed by atoms with van der Waals surface area (Å²) in [6, 6.07) is 0. The minimum absolute atomic E-state index is 0. The Morgan fingerprint density at radius 1 is 1.36 bits per heavy atom. The highest BCUT2D eigenvalue weighted by molar-refractivity contribution is 5.98. The van der Waals surface area contributed by atoms with Gasteiger partial charge in [-0.05, 0) is 25.9 Å². The number of piperazine rings is 1. The molecule has 0 aromatic carbocycles. The number of carbonyl (C=O) groups is 2. The van der Waals surface area contributed by atoms with Gasteiger partial charge >= 0.3 is 0 Å². The van der Waals surface area contributed by atoms with Crippen LogP contribution in [0, 0.1) is 5.41 Å². The number of nitrogens with one attached hydrogen (secondary N) is 1. The number of rotatable bonds is 4. The van der Waals surface area contributed by atoms with E-state index in [4.69, 9.17) is 4.74 Å². The maximum atomic E-state index is 13.1. The van der Waals surface area contributed by atoms with Gasteiger partial charge in [0.1, 0.15) is 6.54 Å². The predicted molar refractivity (Wildman–Crippen MR) is 95.8 cm³/mol. The predicted octanol–water partition coefficient (Wildman–Crippen LogP) is 0.0333. The van der Waals surface area contributed by atoms with Crippen LogP contribution in [0.3, 0.4) is 0 Å². The third-order valence-electron chi connectivity index (χ3n) is 4.95. The summed E-state index contributed by atoms with van der Waals surface area (Å²) >= 11 is 0. The SMILES string of the molecule is COCC1(C(=O)N2CCN(c3cnn(C)c3)C(=O)C2)CCNCC1.Cl. The Balaban J connectivity index is 0.00000225. The van der Waals surface area contributed by atoms with Gasteiger partial charge in [-0.1, -0.05) is 0 Å². The number of ether oxygens (including phenoxy) is 1. The monoisotopic (exact) mass is 371 g/mol. The number of nitrogens with zero attached hydrogens (tertiary/aromatic N) is 4. The van der Waals surface area contributed by atoms with Crippen LogP contribution in [-0.2, 0) is 21.4 Å². The number of anilines is 1. The lowest BCUT2D eigenvalue weighted by Crippen LogP contribution is -2.58. The second-order valence-corrected chi connectivity index (χ2v) is 6.61. The maximum Gasteiger partial charge on any atom is 0.246 e. The first-order valence-corrected chi connectivity index (χ1v) is 8.34. The van der Waals surface area contributed by atoms with Crippen molar-refractivity contribution < 1.29 is 14.3 Å². The Bertz CT molecular complexity index is 609. The smallest absolute Gasteiger partial charge is 0.246 e. The number of hydrogen-bond acceptors (Lipinski definition) is 5. The van der Waals surface area contributed by atoms with Crippen LogP contribution in [0.5, 0.6) is 0 Å². The van der Waals surface area contributed by atoms with E-state index in [1.807, 2.05) is 13.2 Å². The van der Waals surface area contributed by atoms with Crippen molar-refractivity contribution in [2.24, 2.45) is 12.5 Å². The fourth-order valence-corrected chi connectivity index (χ4v) is 3.60. The first-order chi connectivity index (χ1) is 11.6. The third-order valence-corrected chi connectivity index (χ3v) is 4.95. The Labute approximate surface area is 153 Å². The molecular weight excluding hydrogens is 346 g/mol. The van der Waals surface area contributed by atoms with Crippen molar-refractivity contribution in [1.29, 1.82) is 0 Å². The molecule has 0 spiro atoms. The first-order valence-electron chi connectivity index (χ1n) is 8.34. The van der Waals surface area contributed by atoms with Crippen LogP contribution >= 0.6 is 12.4 Å². The van der Waals surface area contributed by atoms with Crippen molar-refractivity contribution in [3.63, 3.8) is 0 Å². The van der Waals surface area contributed by atoms with Crippen LogP contribution in [0.2, 0.25) is 0 Å². The zero-order valence-electron chi connectivity index (χ0n) is 14.7. The summed E-state index contributed by atoms with van der Waals surface area (Å²) in [6.07, 6.45) is 4.98. The Hall–Kier alpha value is -1.64. The van der Waals surface area contributed by atoms with Crippen LogP contribution in [-0.4, -0.2) is 72.9 Å². The summed E-state index contributed by atoms with van der Waals surface area (Å²) in [7, 11) is 3.45. The van der Waals surface area contributed by atoms with Crippen molar-refractivity contribution >= 4 is 29.9 Å². The largest absolute Gasteiger partial charge is 0.384 e. The van der Waals surface area contributed by atoms with Crippen LogP contribution in [0.15, 0.2) is 12.4 Å². The number of aryl methyl sites for hydroxylation is 1. The van der Waals surface area contributed by atoms with E-state index in [2.05, 4.69) is 10.4 Å². The molecule has 2 amide bonds. The maximum absolute atomic E-state index is 13.1. The van der Waals surface area contributed by atoms with E-state index in [1.54, 1.807) is 27.8 Å². The molecule has 0 atom stereocenters. The molecule has 0 saturated carbocycles. The minimum atomic E-state index is -0.503. The molecule has 8 nitrogen and oxygen atoms in total. The summed E-state index contributed by atoms with van der Waals surface area (Å²) in [5.74, 6) is -0.0193. The van der Waals surface area contributed by atoms with Crippen molar-refractivity contribution in [2.45, 2.75) is 12.8 Å². The molecule has 140 valence electrons. The molecule has 1 N–H and O–H groups in total. The highest BCUT2D eigenvalue weighted by Crippen LogP contribution is 2.32. The van der Waals surface area contributed by atoms with Gasteiger partial charge in [-0.15, -0.1) is 12.4 Å². The summed E-state index contributed by atoms with van der Waals surface area (Å²) < 4.78 is 7.00. The highest BCUT2D eigenvalue weighted by atomic mass is 35.5. The number of carbonyl (C=O) groups excluding carboxylic acids is 2. The van der Waals surface area contributed by atoms with Crippen LogP contribution in [0.4, 0.5) is 5.69 Å².